The third-order valence-electron chi connectivity index (χ3n) is 4.82. The van der Waals surface area contributed by atoms with Gasteiger partial charge < -0.3 is 9.64 Å². The first-order chi connectivity index (χ1) is 12.7. The molecular weight excluding hydrogens is 342 g/mol. The minimum atomic E-state index is 0.222. The van der Waals surface area contributed by atoms with Crippen molar-refractivity contribution in [2.45, 2.75) is 31.9 Å². The second-order valence-corrected chi connectivity index (χ2v) is 7.95. The highest BCUT2D eigenvalue weighted by Crippen LogP contribution is 2.36. The van der Waals surface area contributed by atoms with E-state index >= 15 is 0 Å². The van der Waals surface area contributed by atoms with Gasteiger partial charge in [-0.3, -0.25) is 4.79 Å². The van der Waals surface area contributed by atoms with Gasteiger partial charge >= 0.3 is 0 Å². The number of rotatable bonds is 5. The molecule has 0 N–H and O–H groups in total. The Bertz CT molecular complexity index is 729. The average Bonchev–Trinajstić information content (AvgIpc) is 2.90. The Labute approximate surface area is 160 Å². The van der Waals surface area contributed by atoms with E-state index in [-0.39, 0.29) is 5.91 Å². The minimum Gasteiger partial charge on any atom is -0.494 e. The summed E-state index contributed by atoms with van der Waals surface area (Å²) < 4.78 is 5.46. The number of nitrogens with zero attached hydrogens (tertiary/aromatic N) is 1. The lowest BCUT2D eigenvalue weighted by Gasteiger charge is -2.21. The Morgan fingerprint density at radius 2 is 1.92 bits per heavy atom. The van der Waals surface area contributed by atoms with Crippen LogP contribution in [0.2, 0.25) is 0 Å². The number of amides is 1. The second kappa shape index (κ2) is 9.13. The molecule has 0 bridgehead atoms. The van der Waals surface area contributed by atoms with Crippen LogP contribution in [-0.2, 0) is 11.2 Å². The number of thioether (sulfide) groups is 1. The maximum atomic E-state index is 12.7. The Hall–Kier alpha value is -1.94. The van der Waals surface area contributed by atoms with Crippen LogP contribution in [0.1, 0.15) is 35.3 Å². The Morgan fingerprint density at radius 1 is 1.15 bits per heavy atom. The predicted octanol–water partition coefficient (Wildman–Crippen LogP) is 4.64. The third-order valence-corrected chi connectivity index (χ3v) is 6.13. The van der Waals surface area contributed by atoms with Crippen LogP contribution in [0.15, 0.2) is 48.5 Å². The summed E-state index contributed by atoms with van der Waals surface area (Å²) in [5.74, 6) is 2.07. The van der Waals surface area contributed by atoms with Gasteiger partial charge in [-0.1, -0.05) is 36.4 Å². The molecule has 3 rings (SSSR count). The zero-order valence-electron chi connectivity index (χ0n) is 15.6. The van der Waals surface area contributed by atoms with Crippen molar-refractivity contribution in [2.24, 2.45) is 0 Å². The monoisotopic (exact) mass is 369 g/mol. The molecule has 2 aromatic carbocycles. The van der Waals surface area contributed by atoms with Crippen LogP contribution in [0.4, 0.5) is 0 Å². The molecule has 0 spiro atoms. The largest absolute Gasteiger partial charge is 0.494 e. The molecule has 1 amide bonds. The van der Waals surface area contributed by atoms with Gasteiger partial charge in [-0.25, -0.2) is 0 Å². The molecule has 138 valence electrons. The summed E-state index contributed by atoms with van der Waals surface area (Å²) in [6, 6.07) is 16.5. The van der Waals surface area contributed by atoms with E-state index in [1.807, 2.05) is 47.9 Å². The van der Waals surface area contributed by atoms with Gasteiger partial charge in [-0.2, -0.15) is 11.8 Å². The van der Waals surface area contributed by atoms with Gasteiger partial charge in [-0.15, -0.1) is 0 Å². The van der Waals surface area contributed by atoms with Crippen LogP contribution in [0, 0.1) is 6.92 Å². The van der Waals surface area contributed by atoms with Gasteiger partial charge in [-0.05, 0) is 49.1 Å². The van der Waals surface area contributed by atoms with Gasteiger partial charge in [0.05, 0.1) is 13.0 Å². The highest BCUT2D eigenvalue weighted by atomic mass is 32.2. The second-order valence-electron chi connectivity index (χ2n) is 6.64. The van der Waals surface area contributed by atoms with Gasteiger partial charge in [0.1, 0.15) is 5.75 Å². The number of ether oxygens (including phenoxy) is 1. The Balaban J connectivity index is 1.58. The Morgan fingerprint density at radius 3 is 2.65 bits per heavy atom. The number of carbonyl (C=O) groups excluding carboxylic acids is 1. The molecule has 1 unspecified atom stereocenters. The highest BCUT2D eigenvalue weighted by Gasteiger charge is 2.22. The number of aryl methyl sites for hydroxylation is 1. The SMILES string of the molecule is CCOc1ccc(CC(=O)N2CCSC(c3ccccc3C)CC2)cc1. The van der Waals surface area contributed by atoms with Crippen molar-refractivity contribution >= 4 is 17.7 Å². The molecule has 1 atom stereocenters. The summed E-state index contributed by atoms with van der Waals surface area (Å²) in [5.41, 5.74) is 3.81. The molecule has 0 radical (unpaired) electrons. The van der Waals surface area contributed by atoms with E-state index in [0.29, 0.717) is 18.3 Å². The molecule has 26 heavy (non-hydrogen) atoms. The number of hydrogen-bond donors (Lipinski definition) is 0. The van der Waals surface area contributed by atoms with E-state index < -0.39 is 0 Å². The van der Waals surface area contributed by atoms with Crippen molar-refractivity contribution in [2.75, 3.05) is 25.4 Å². The molecule has 4 heteroatoms. The van der Waals surface area contributed by atoms with Crippen molar-refractivity contribution in [1.82, 2.24) is 4.90 Å². The average molecular weight is 370 g/mol. The fraction of sp³-hybridized carbons (Fsp3) is 0.409. The number of carbonyl (C=O) groups is 1. The Kier molecular flexibility index (Phi) is 6.62. The lowest BCUT2D eigenvalue weighted by Crippen LogP contribution is -2.34. The first-order valence-corrected chi connectivity index (χ1v) is 10.4. The quantitative estimate of drug-likeness (QED) is 0.769. The summed E-state index contributed by atoms with van der Waals surface area (Å²) in [7, 11) is 0. The summed E-state index contributed by atoms with van der Waals surface area (Å²) in [6.07, 6.45) is 1.48. The van der Waals surface area contributed by atoms with E-state index in [2.05, 4.69) is 31.2 Å². The summed E-state index contributed by atoms with van der Waals surface area (Å²) in [5, 5.41) is 0.486. The molecule has 0 aliphatic carbocycles. The van der Waals surface area contributed by atoms with E-state index in [0.717, 1.165) is 36.6 Å². The summed E-state index contributed by atoms with van der Waals surface area (Å²) in [6.45, 7) is 6.48. The molecule has 1 saturated heterocycles. The van der Waals surface area contributed by atoms with Crippen molar-refractivity contribution < 1.29 is 9.53 Å². The molecule has 0 aromatic heterocycles. The summed E-state index contributed by atoms with van der Waals surface area (Å²) >= 11 is 1.98. The molecule has 2 aromatic rings. The topological polar surface area (TPSA) is 29.5 Å². The molecule has 0 saturated carbocycles. The lowest BCUT2D eigenvalue weighted by molar-refractivity contribution is -0.130. The zero-order chi connectivity index (χ0) is 18.4. The number of benzene rings is 2. The molecule has 3 nitrogen and oxygen atoms in total. The zero-order valence-corrected chi connectivity index (χ0v) is 16.4. The van der Waals surface area contributed by atoms with Crippen LogP contribution in [0.3, 0.4) is 0 Å². The van der Waals surface area contributed by atoms with Gasteiger partial charge in [0, 0.05) is 24.1 Å². The summed E-state index contributed by atoms with van der Waals surface area (Å²) in [4.78, 5) is 14.8. The number of hydrogen-bond acceptors (Lipinski definition) is 3. The first-order valence-electron chi connectivity index (χ1n) is 9.34. The normalized spacial score (nSPS) is 17.6. The lowest BCUT2D eigenvalue weighted by atomic mass is 10.0. The van der Waals surface area contributed by atoms with Gasteiger partial charge in [0.25, 0.3) is 0 Å². The van der Waals surface area contributed by atoms with E-state index in [9.17, 15) is 4.79 Å². The maximum absolute atomic E-state index is 12.7. The highest BCUT2D eigenvalue weighted by molar-refractivity contribution is 7.99. The fourth-order valence-electron chi connectivity index (χ4n) is 3.37. The van der Waals surface area contributed by atoms with Crippen LogP contribution < -0.4 is 4.74 Å². The van der Waals surface area contributed by atoms with Crippen molar-refractivity contribution in [3.05, 3.63) is 65.2 Å². The van der Waals surface area contributed by atoms with Crippen molar-refractivity contribution in [1.29, 1.82) is 0 Å². The minimum absolute atomic E-state index is 0.222. The van der Waals surface area contributed by atoms with Crippen molar-refractivity contribution in [3.63, 3.8) is 0 Å². The smallest absolute Gasteiger partial charge is 0.227 e. The first kappa shape index (κ1) is 18.8. The van der Waals surface area contributed by atoms with E-state index in [1.165, 1.54) is 11.1 Å². The van der Waals surface area contributed by atoms with Crippen LogP contribution in [0.25, 0.3) is 0 Å². The van der Waals surface area contributed by atoms with Crippen molar-refractivity contribution in [3.8, 4) is 5.75 Å². The fourth-order valence-corrected chi connectivity index (χ4v) is 4.70. The van der Waals surface area contributed by atoms with E-state index in [4.69, 9.17) is 4.74 Å². The maximum Gasteiger partial charge on any atom is 0.227 e. The van der Waals surface area contributed by atoms with Crippen LogP contribution in [0.5, 0.6) is 5.75 Å². The third kappa shape index (κ3) is 4.82. The molecule has 1 aliphatic heterocycles. The van der Waals surface area contributed by atoms with Gasteiger partial charge in [0.15, 0.2) is 0 Å². The molecule has 1 aliphatic rings. The standard InChI is InChI=1S/C22H27NO2S/c1-3-25-19-10-8-18(9-11-19)16-22(24)23-13-12-21(26-15-14-23)20-7-5-4-6-17(20)2/h4-11,21H,3,12-16H2,1-2H3. The molecule has 1 heterocycles. The van der Waals surface area contributed by atoms with Crippen LogP contribution >= 0.6 is 11.8 Å². The molecule has 1 fully saturated rings. The van der Waals surface area contributed by atoms with Crippen LogP contribution in [-0.4, -0.2) is 36.3 Å². The predicted molar refractivity (Wildman–Crippen MR) is 109 cm³/mol. The van der Waals surface area contributed by atoms with Gasteiger partial charge in [0.2, 0.25) is 5.91 Å². The molecular formula is C22H27NO2S. The van der Waals surface area contributed by atoms with E-state index in [1.54, 1.807) is 0 Å².